The minimum absolute atomic E-state index is 0.0922. The summed E-state index contributed by atoms with van der Waals surface area (Å²) in [6.07, 6.45) is 0. The van der Waals surface area contributed by atoms with Crippen molar-refractivity contribution in [2.75, 3.05) is 16.2 Å². The van der Waals surface area contributed by atoms with E-state index in [0.717, 1.165) is 21.0 Å². The highest BCUT2D eigenvalue weighted by Gasteiger charge is 2.29. The van der Waals surface area contributed by atoms with E-state index in [2.05, 4.69) is 5.32 Å². The summed E-state index contributed by atoms with van der Waals surface area (Å²) in [4.78, 5) is 13.2. The lowest BCUT2D eigenvalue weighted by Crippen LogP contribution is -2.38. The van der Waals surface area contributed by atoms with Crippen molar-refractivity contribution in [3.05, 3.63) is 88.4 Å². The van der Waals surface area contributed by atoms with E-state index < -0.39 is 22.5 Å². The molecule has 0 aromatic heterocycles. The number of nitrogens with one attached hydrogen (secondary N) is 1. The largest absolute Gasteiger partial charge is 0.324 e. The first-order valence-corrected chi connectivity index (χ1v) is 12.2. The Balaban J connectivity index is 2.00. The van der Waals surface area contributed by atoms with Crippen LogP contribution in [0, 0.1) is 13.8 Å². The number of anilines is 2. The molecule has 0 atom stereocenters. The fourth-order valence-electron chi connectivity index (χ4n) is 3.44. The Bertz CT molecular complexity index is 1220. The standard InChI is InChI=1S/C25H27ClN2O3S/c1-17(2)21-9-7-8-19(4)25(21)27-24(29)16-28(23-11-6-5-10-22(23)26)32(30,31)20-14-12-18(3)13-15-20/h5-15,17H,16H2,1-4H3,(H,27,29). The molecule has 7 heteroatoms. The van der Waals surface area contributed by atoms with E-state index in [9.17, 15) is 13.2 Å². The van der Waals surface area contributed by atoms with Crippen LogP contribution in [0.25, 0.3) is 0 Å². The zero-order valence-electron chi connectivity index (χ0n) is 18.6. The number of hydrogen-bond acceptors (Lipinski definition) is 3. The normalized spacial score (nSPS) is 11.4. The highest BCUT2D eigenvalue weighted by atomic mass is 35.5. The van der Waals surface area contributed by atoms with Gasteiger partial charge in [-0.05, 0) is 55.2 Å². The van der Waals surface area contributed by atoms with Crippen LogP contribution in [0.3, 0.4) is 0 Å². The Morgan fingerprint density at radius 3 is 2.25 bits per heavy atom. The van der Waals surface area contributed by atoms with Crippen molar-refractivity contribution in [2.45, 2.75) is 38.5 Å². The smallest absolute Gasteiger partial charge is 0.264 e. The van der Waals surface area contributed by atoms with E-state index in [1.165, 1.54) is 12.1 Å². The van der Waals surface area contributed by atoms with Gasteiger partial charge in [0.15, 0.2) is 0 Å². The molecule has 168 valence electrons. The maximum Gasteiger partial charge on any atom is 0.264 e. The third kappa shape index (κ3) is 5.14. The van der Waals surface area contributed by atoms with Gasteiger partial charge in [-0.2, -0.15) is 0 Å². The van der Waals surface area contributed by atoms with E-state index in [1.807, 2.05) is 45.9 Å². The van der Waals surface area contributed by atoms with Gasteiger partial charge in [0.25, 0.3) is 10.0 Å². The second kappa shape index (κ2) is 9.76. The summed E-state index contributed by atoms with van der Waals surface area (Å²) in [7, 11) is -4.03. The zero-order valence-corrected chi connectivity index (χ0v) is 20.2. The quantitative estimate of drug-likeness (QED) is 0.466. The predicted octanol–water partition coefficient (Wildman–Crippen LogP) is 5.91. The monoisotopic (exact) mass is 470 g/mol. The molecule has 0 heterocycles. The van der Waals surface area contributed by atoms with Crippen LogP contribution in [0.4, 0.5) is 11.4 Å². The van der Waals surface area contributed by atoms with Crippen molar-refractivity contribution >= 4 is 38.9 Å². The van der Waals surface area contributed by atoms with E-state index in [-0.39, 0.29) is 21.5 Å². The summed E-state index contributed by atoms with van der Waals surface area (Å²) < 4.78 is 28.1. The highest BCUT2D eigenvalue weighted by Crippen LogP contribution is 2.31. The molecule has 0 unspecified atom stereocenters. The Labute approximate surface area is 195 Å². The number of carbonyl (C=O) groups excluding carboxylic acids is 1. The van der Waals surface area contributed by atoms with Crippen LogP contribution >= 0.6 is 11.6 Å². The van der Waals surface area contributed by atoms with Crippen LogP contribution in [-0.2, 0) is 14.8 Å². The number of nitrogens with zero attached hydrogens (tertiary/aromatic N) is 1. The van der Waals surface area contributed by atoms with Crippen molar-refractivity contribution in [2.24, 2.45) is 0 Å². The maximum atomic E-state index is 13.5. The number of hydrogen-bond donors (Lipinski definition) is 1. The third-order valence-corrected chi connectivity index (χ3v) is 7.30. The van der Waals surface area contributed by atoms with Crippen LogP contribution in [-0.4, -0.2) is 20.9 Å². The zero-order chi connectivity index (χ0) is 23.5. The van der Waals surface area contributed by atoms with Gasteiger partial charge >= 0.3 is 0 Å². The number of halogens is 1. The lowest BCUT2D eigenvalue weighted by atomic mass is 9.98. The van der Waals surface area contributed by atoms with Crippen LogP contribution in [0.2, 0.25) is 5.02 Å². The molecule has 0 bridgehead atoms. The highest BCUT2D eigenvalue weighted by molar-refractivity contribution is 7.92. The summed E-state index contributed by atoms with van der Waals surface area (Å²) in [5.41, 5.74) is 3.80. The van der Waals surface area contributed by atoms with Crippen LogP contribution in [0.1, 0.15) is 36.5 Å². The molecular formula is C25H27ClN2O3S. The van der Waals surface area contributed by atoms with Gasteiger partial charge in [-0.3, -0.25) is 9.10 Å². The molecule has 1 N–H and O–H groups in total. The van der Waals surface area contributed by atoms with Crippen LogP contribution in [0.15, 0.2) is 71.6 Å². The van der Waals surface area contributed by atoms with Gasteiger partial charge in [-0.25, -0.2) is 8.42 Å². The molecule has 0 aliphatic heterocycles. The maximum absolute atomic E-state index is 13.5. The third-order valence-electron chi connectivity index (χ3n) is 5.21. The Morgan fingerprint density at radius 2 is 1.62 bits per heavy atom. The van der Waals surface area contributed by atoms with Gasteiger partial charge in [0, 0.05) is 5.69 Å². The fourth-order valence-corrected chi connectivity index (χ4v) is 5.17. The minimum atomic E-state index is -4.03. The number of rotatable bonds is 7. The van der Waals surface area contributed by atoms with Crippen LogP contribution in [0.5, 0.6) is 0 Å². The molecule has 3 aromatic rings. The first-order valence-electron chi connectivity index (χ1n) is 10.3. The minimum Gasteiger partial charge on any atom is -0.324 e. The van der Waals surface area contributed by atoms with Gasteiger partial charge in [-0.15, -0.1) is 0 Å². The summed E-state index contributed by atoms with van der Waals surface area (Å²) in [6, 6.07) is 18.9. The number of aryl methyl sites for hydroxylation is 2. The lowest BCUT2D eigenvalue weighted by Gasteiger charge is -2.25. The Kier molecular flexibility index (Phi) is 7.26. The van der Waals surface area contributed by atoms with Gasteiger partial charge in [-0.1, -0.05) is 73.5 Å². The average molecular weight is 471 g/mol. The molecule has 3 rings (SSSR count). The van der Waals surface area contributed by atoms with Gasteiger partial charge in [0.1, 0.15) is 6.54 Å². The summed E-state index contributed by atoms with van der Waals surface area (Å²) >= 11 is 6.34. The molecule has 0 spiro atoms. The molecule has 0 saturated carbocycles. The molecule has 1 amide bonds. The van der Waals surface area contributed by atoms with Crippen molar-refractivity contribution < 1.29 is 13.2 Å². The number of sulfonamides is 1. The van der Waals surface area contributed by atoms with E-state index in [4.69, 9.17) is 11.6 Å². The molecule has 0 fully saturated rings. The van der Waals surface area contributed by atoms with Crippen molar-refractivity contribution in [3.8, 4) is 0 Å². The number of benzene rings is 3. The van der Waals surface area contributed by atoms with E-state index >= 15 is 0 Å². The molecule has 3 aromatic carbocycles. The van der Waals surface area contributed by atoms with E-state index in [1.54, 1.807) is 36.4 Å². The SMILES string of the molecule is Cc1ccc(S(=O)(=O)N(CC(=O)Nc2c(C)cccc2C(C)C)c2ccccc2Cl)cc1. The molecule has 5 nitrogen and oxygen atoms in total. The Morgan fingerprint density at radius 1 is 0.969 bits per heavy atom. The number of carbonyl (C=O) groups is 1. The van der Waals surface area contributed by atoms with Crippen LogP contribution < -0.4 is 9.62 Å². The fraction of sp³-hybridized carbons (Fsp3) is 0.240. The summed E-state index contributed by atoms with van der Waals surface area (Å²) in [5, 5.41) is 3.17. The number of amides is 1. The van der Waals surface area contributed by atoms with Crippen molar-refractivity contribution in [3.63, 3.8) is 0 Å². The molecule has 0 aliphatic carbocycles. The summed E-state index contributed by atoms with van der Waals surface area (Å²) in [5.74, 6) is -0.252. The summed E-state index contributed by atoms with van der Waals surface area (Å²) in [6.45, 7) is 7.47. The molecule has 32 heavy (non-hydrogen) atoms. The topological polar surface area (TPSA) is 66.5 Å². The molecular weight excluding hydrogens is 444 g/mol. The van der Waals surface area contributed by atoms with E-state index in [0.29, 0.717) is 5.69 Å². The predicted molar refractivity (Wildman–Crippen MR) is 131 cm³/mol. The lowest BCUT2D eigenvalue weighted by molar-refractivity contribution is -0.114. The second-order valence-electron chi connectivity index (χ2n) is 8.02. The molecule has 0 saturated heterocycles. The number of para-hydroxylation sites is 2. The molecule has 0 aliphatic rings. The van der Waals surface area contributed by atoms with Gasteiger partial charge in [0.05, 0.1) is 15.6 Å². The van der Waals surface area contributed by atoms with Crippen molar-refractivity contribution in [1.29, 1.82) is 0 Å². The average Bonchev–Trinajstić information content (AvgIpc) is 2.74. The first kappa shape index (κ1) is 23.8. The van der Waals surface area contributed by atoms with Crippen molar-refractivity contribution in [1.82, 2.24) is 0 Å². The Hall–Kier alpha value is -2.83. The van der Waals surface area contributed by atoms with Gasteiger partial charge in [0.2, 0.25) is 5.91 Å². The van der Waals surface area contributed by atoms with Gasteiger partial charge < -0.3 is 5.32 Å². The second-order valence-corrected chi connectivity index (χ2v) is 10.3. The molecule has 0 radical (unpaired) electrons. The first-order chi connectivity index (χ1) is 15.1.